The van der Waals surface area contributed by atoms with Crippen LogP contribution in [0.4, 0.5) is 0 Å². The minimum absolute atomic E-state index is 0.363. The number of hydrogen-bond donors (Lipinski definition) is 1. The molecule has 1 aromatic rings. The van der Waals surface area contributed by atoms with E-state index in [0.29, 0.717) is 12.6 Å². The normalized spacial score (nSPS) is 18.6. The van der Waals surface area contributed by atoms with Crippen LogP contribution in [-0.2, 0) is 11.3 Å². The van der Waals surface area contributed by atoms with Gasteiger partial charge >= 0.3 is 0 Å². The first-order valence-electron chi connectivity index (χ1n) is 8.13. The van der Waals surface area contributed by atoms with Gasteiger partial charge in [-0.2, -0.15) is 5.10 Å². The summed E-state index contributed by atoms with van der Waals surface area (Å²) in [6.07, 6.45) is 11.5. The highest BCUT2D eigenvalue weighted by atomic mass is 79.9. The average Bonchev–Trinajstić information content (AvgIpc) is 2.70. The van der Waals surface area contributed by atoms with Crippen molar-refractivity contribution < 1.29 is 4.74 Å². The molecule has 0 saturated heterocycles. The van der Waals surface area contributed by atoms with Crippen LogP contribution < -0.4 is 5.32 Å². The lowest BCUT2D eigenvalue weighted by Gasteiger charge is -2.23. The number of nitrogens with one attached hydrogen (secondary N) is 1. The van der Waals surface area contributed by atoms with Gasteiger partial charge in [0.2, 0.25) is 0 Å². The molecule has 1 unspecified atom stereocenters. The second-order valence-electron chi connectivity index (χ2n) is 6.03. The van der Waals surface area contributed by atoms with E-state index in [0.717, 1.165) is 16.9 Å². The van der Waals surface area contributed by atoms with Gasteiger partial charge in [0.05, 0.1) is 35.6 Å². The van der Waals surface area contributed by atoms with Gasteiger partial charge in [0.1, 0.15) is 0 Å². The fourth-order valence-corrected chi connectivity index (χ4v) is 3.95. The molecule has 120 valence electrons. The average molecular weight is 358 g/mol. The summed E-state index contributed by atoms with van der Waals surface area (Å²) in [5, 5.41) is 7.98. The molecule has 1 aliphatic carbocycles. The zero-order valence-electron chi connectivity index (χ0n) is 13.3. The van der Waals surface area contributed by atoms with Crippen LogP contribution >= 0.6 is 15.9 Å². The Balaban J connectivity index is 2.06. The molecule has 0 aliphatic heterocycles. The molecule has 5 heteroatoms. The van der Waals surface area contributed by atoms with Gasteiger partial charge in [-0.05, 0) is 35.3 Å². The lowest BCUT2D eigenvalue weighted by Crippen LogP contribution is -2.24. The standard InChI is InChI=1S/C16H28BrN3O/c1-18-15(11-13-7-5-3-4-6-8-13)16-14(17)12-19-20(16)9-10-21-2/h12-13,15,18H,3-11H2,1-2H3. The largest absolute Gasteiger partial charge is 0.383 e. The highest BCUT2D eigenvalue weighted by molar-refractivity contribution is 9.10. The van der Waals surface area contributed by atoms with E-state index in [4.69, 9.17) is 4.74 Å². The number of halogens is 1. The van der Waals surface area contributed by atoms with Gasteiger partial charge in [0.15, 0.2) is 0 Å². The zero-order valence-corrected chi connectivity index (χ0v) is 14.9. The second kappa shape index (κ2) is 8.91. The smallest absolute Gasteiger partial charge is 0.0696 e. The van der Waals surface area contributed by atoms with Crippen molar-refractivity contribution in [3.63, 3.8) is 0 Å². The van der Waals surface area contributed by atoms with Crippen LogP contribution in [0.2, 0.25) is 0 Å². The summed E-state index contributed by atoms with van der Waals surface area (Å²) in [6, 6.07) is 0.363. The van der Waals surface area contributed by atoms with Gasteiger partial charge in [-0.3, -0.25) is 4.68 Å². The summed E-state index contributed by atoms with van der Waals surface area (Å²) in [4.78, 5) is 0. The van der Waals surface area contributed by atoms with Crippen molar-refractivity contribution in [2.75, 3.05) is 20.8 Å². The molecule has 1 aliphatic rings. The van der Waals surface area contributed by atoms with Gasteiger partial charge < -0.3 is 10.1 Å². The zero-order chi connectivity index (χ0) is 15.1. The lowest BCUT2D eigenvalue weighted by atomic mass is 9.91. The van der Waals surface area contributed by atoms with Crippen molar-refractivity contribution in [2.24, 2.45) is 5.92 Å². The molecule has 1 heterocycles. The summed E-state index contributed by atoms with van der Waals surface area (Å²) in [5.41, 5.74) is 1.26. The van der Waals surface area contributed by atoms with Gasteiger partial charge in [0, 0.05) is 7.11 Å². The lowest BCUT2D eigenvalue weighted by molar-refractivity contribution is 0.181. The Morgan fingerprint density at radius 3 is 2.71 bits per heavy atom. The summed E-state index contributed by atoms with van der Waals surface area (Å²) >= 11 is 3.67. The quantitative estimate of drug-likeness (QED) is 0.751. The highest BCUT2D eigenvalue weighted by Gasteiger charge is 2.23. The number of rotatable bonds is 7. The molecular weight excluding hydrogens is 330 g/mol. The van der Waals surface area contributed by atoms with Crippen LogP contribution in [0.1, 0.15) is 56.7 Å². The van der Waals surface area contributed by atoms with E-state index in [1.54, 1.807) is 7.11 Å². The number of nitrogens with zero attached hydrogens (tertiary/aromatic N) is 2. The Bertz CT molecular complexity index is 414. The van der Waals surface area contributed by atoms with E-state index >= 15 is 0 Å². The molecule has 2 rings (SSSR count). The predicted octanol–water partition coefficient (Wildman–Crippen LogP) is 3.91. The van der Waals surface area contributed by atoms with E-state index in [2.05, 4.69) is 38.1 Å². The second-order valence-corrected chi connectivity index (χ2v) is 6.88. The third-order valence-corrected chi connectivity index (χ3v) is 5.17. The molecule has 0 amide bonds. The SMILES string of the molecule is CNC(CC1CCCCCC1)c1c(Br)cnn1CCOC. The van der Waals surface area contributed by atoms with Crippen molar-refractivity contribution in [1.82, 2.24) is 15.1 Å². The molecule has 0 aromatic carbocycles. The fraction of sp³-hybridized carbons (Fsp3) is 0.812. The first kappa shape index (κ1) is 17.0. The Morgan fingerprint density at radius 1 is 1.38 bits per heavy atom. The van der Waals surface area contributed by atoms with Gasteiger partial charge in [-0.1, -0.05) is 38.5 Å². The van der Waals surface area contributed by atoms with Crippen LogP contribution in [0.25, 0.3) is 0 Å². The third kappa shape index (κ3) is 4.80. The van der Waals surface area contributed by atoms with Gasteiger partial charge in [0.25, 0.3) is 0 Å². The molecule has 1 fully saturated rings. The Labute approximate surface area is 136 Å². The van der Waals surface area contributed by atoms with Crippen LogP contribution in [0.15, 0.2) is 10.7 Å². The molecular formula is C16H28BrN3O. The van der Waals surface area contributed by atoms with Crippen molar-refractivity contribution in [3.8, 4) is 0 Å². The highest BCUT2D eigenvalue weighted by Crippen LogP contribution is 2.33. The first-order valence-corrected chi connectivity index (χ1v) is 8.93. The number of aromatic nitrogens is 2. The maximum absolute atomic E-state index is 5.19. The maximum atomic E-state index is 5.19. The number of methoxy groups -OCH3 is 1. The monoisotopic (exact) mass is 357 g/mol. The van der Waals surface area contributed by atoms with Crippen LogP contribution in [0.5, 0.6) is 0 Å². The fourth-order valence-electron chi connectivity index (χ4n) is 3.37. The van der Waals surface area contributed by atoms with Crippen molar-refractivity contribution in [2.45, 2.75) is 57.5 Å². The minimum Gasteiger partial charge on any atom is -0.383 e. The summed E-state index contributed by atoms with van der Waals surface area (Å²) in [5.74, 6) is 0.836. The third-order valence-electron chi connectivity index (χ3n) is 4.56. The molecule has 0 radical (unpaired) electrons. The topological polar surface area (TPSA) is 39.1 Å². The van der Waals surface area contributed by atoms with Crippen molar-refractivity contribution in [3.05, 3.63) is 16.4 Å². The van der Waals surface area contributed by atoms with E-state index in [1.165, 1.54) is 50.6 Å². The molecule has 21 heavy (non-hydrogen) atoms. The maximum Gasteiger partial charge on any atom is 0.0696 e. The molecule has 0 spiro atoms. The summed E-state index contributed by atoms with van der Waals surface area (Å²) in [7, 11) is 3.79. The first-order chi connectivity index (χ1) is 10.3. The van der Waals surface area contributed by atoms with Gasteiger partial charge in [-0.15, -0.1) is 0 Å². The minimum atomic E-state index is 0.363. The molecule has 1 aromatic heterocycles. The van der Waals surface area contributed by atoms with E-state index in [9.17, 15) is 0 Å². The Kier molecular flexibility index (Phi) is 7.20. The Hall–Kier alpha value is -0.390. The molecule has 4 nitrogen and oxygen atoms in total. The molecule has 1 N–H and O–H groups in total. The Morgan fingerprint density at radius 2 is 2.10 bits per heavy atom. The predicted molar refractivity (Wildman–Crippen MR) is 89.4 cm³/mol. The summed E-state index contributed by atoms with van der Waals surface area (Å²) in [6.45, 7) is 1.50. The van der Waals surface area contributed by atoms with Crippen molar-refractivity contribution in [1.29, 1.82) is 0 Å². The summed E-state index contributed by atoms with van der Waals surface area (Å²) < 4.78 is 8.37. The van der Waals surface area contributed by atoms with Crippen LogP contribution in [0.3, 0.4) is 0 Å². The molecule has 1 atom stereocenters. The van der Waals surface area contributed by atoms with Crippen LogP contribution in [0, 0.1) is 5.92 Å². The van der Waals surface area contributed by atoms with E-state index in [1.807, 2.05) is 6.20 Å². The molecule has 1 saturated carbocycles. The van der Waals surface area contributed by atoms with Crippen LogP contribution in [-0.4, -0.2) is 30.5 Å². The number of hydrogen-bond acceptors (Lipinski definition) is 3. The van der Waals surface area contributed by atoms with E-state index < -0.39 is 0 Å². The van der Waals surface area contributed by atoms with E-state index in [-0.39, 0.29) is 0 Å². The number of ether oxygens (including phenoxy) is 1. The van der Waals surface area contributed by atoms with Gasteiger partial charge in [-0.25, -0.2) is 0 Å². The molecule has 0 bridgehead atoms. The van der Waals surface area contributed by atoms with Crippen molar-refractivity contribution >= 4 is 15.9 Å².